The second kappa shape index (κ2) is 9.38. The van der Waals surface area contributed by atoms with Crippen LogP contribution in [0, 0.1) is 0 Å². The Kier molecular flexibility index (Phi) is 8.22. The van der Waals surface area contributed by atoms with E-state index in [1.807, 2.05) is 0 Å². The summed E-state index contributed by atoms with van der Waals surface area (Å²) >= 11 is 0. The Morgan fingerprint density at radius 2 is 1.95 bits per heavy atom. The van der Waals surface area contributed by atoms with Gasteiger partial charge in [-0.15, -0.1) is 0 Å². The largest absolute Gasteiger partial charge is 0.480 e. The third-order valence-electron chi connectivity index (χ3n) is 4.67. The second-order valence-corrected chi connectivity index (χ2v) is 6.04. The van der Waals surface area contributed by atoms with Crippen molar-refractivity contribution in [2.75, 3.05) is 45.8 Å². The first kappa shape index (κ1) is 18.4. The summed E-state index contributed by atoms with van der Waals surface area (Å²) in [5.74, 6) is -0.680. The lowest BCUT2D eigenvalue weighted by Gasteiger charge is -2.31. The summed E-state index contributed by atoms with van der Waals surface area (Å²) in [5, 5.41) is 13.1. The molecule has 0 aliphatic carbocycles. The van der Waals surface area contributed by atoms with Crippen molar-refractivity contribution in [2.24, 2.45) is 0 Å². The Morgan fingerprint density at radius 1 is 1.24 bits per heavy atom. The lowest BCUT2D eigenvalue weighted by molar-refractivity contribution is -0.145. The number of likely N-dealkylation sites (tertiary alicyclic amines) is 1. The van der Waals surface area contributed by atoms with E-state index in [4.69, 9.17) is 0 Å². The van der Waals surface area contributed by atoms with Gasteiger partial charge in [-0.25, -0.2) is 0 Å². The third-order valence-corrected chi connectivity index (χ3v) is 4.67. The topological polar surface area (TPSA) is 55.8 Å². The van der Waals surface area contributed by atoms with E-state index in [0.717, 1.165) is 65.1 Å². The van der Waals surface area contributed by atoms with Gasteiger partial charge in [-0.2, -0.15) is 0 Å². The van der Waals surface area contributed by atoms with E-state index in [9.17, 15) is 9.90 Å². The Hall–Kier alpha value is -0.650. The van der Waals surface area contributed by atoms with E-state index in [1.54, 1.807) is 0 Å². The molecular weight excluding hydrogens is 266 g/mol. The zero-order valence-electron chi connectivity index (χ0n) is 14.0. The van der Waals surface area contributed by atoms with Crippen LogP contribution in [0.2, 0.25) is 0 Å². The molecule has 1 aliphatic rings. The highest BCUT2D eigenvalue weighted by atomic mass is 16.4. The van der Waals surface area contributed by atoms with Gasteiger partial charge in [-0.3, -0.25) is 4.79 Å². The summed E-state index contributed by atoms with van der Waals surface area (Å²) < 4.78 is 0. The summed E-state index contributed by atoms with van der Waals surface area (Å²) in [6, 6.07) is 0. The highest BCUT2D eigenvalue weighted by Crippen LogP contribution is 2.23. The molecule has 1 heterocycles. The van der Waals surface area contributed by atoms with Gasteiger partial charge >= 0.3 is 5.97 Å². The van der Waals surface area contributed by atoms with Gasteiger partial charge in [0.15, 0.2) is 0 Å². The maximum atomic E-state index is 11.8. The minimum atomic E-state index is -0.727. The molecule has 0 amide bonds. The first-order valence-corrected chi connectivity index (χ1v) is 8.51. The lowest BCUT2D eigenvalue weighted by Crippen LogP contribution is -2.54. The van der Waals surface area contributed by atoms with Crippen LogP contribution >= 0.6 is 0 Å². The highest BCUT2D eigenvalue weighted by Gasteiger charge is 2.39. The predicted molar refractivity (Wildman–Crippen MR) is 86.7 cm³/mol. The van der Waals surface area contributed by atoms with Crippen LogP contribution in [0.25, 0.3) is 0 Å². The van der Waals surface area contributed by atoms with E-state index < -0.39 is 11.5 Å². The smallest absolute Gasteiger partial charge is 0.323 e. The molecule has 1 saturated heterocycles. The van der Waals surface area contributed by atoms with Crippen molar-refractivity contribution in [3.63, 3.8) is 0 Å². The van der Waals surface area contributed by atoms with Gasteiger partial charge in [0.05, 0.1) is 0 Å². The Bertz CT molecular complexity index is 308. The van der Waals surface area contributed by atoms with E-state index >= 15 is 0 Å². The van der Waals surface area contributed by atoms with Crippen molar-refractivity contribution >= 4 is 5.97 Å². The molecule has 0 spiro atoms. The summed E-state index contributed by atoms with van der Waals surface area (Å²) in [6.45, 7) is 13.2. The molecule has 5 heteroatoms. The minimum absolute atomic E-state index is 0.680. The average molecular weight is 299 g/mol. The standard InChI is InChI=1S/C16H33N3O2/c1-4-11-19-12-7-8-16(9-13-19,15(20)21)17-10-14-18(5-2)6-3/h17H,4-14H2,1-3H3,(H,20,21). The van der Waals surface area contributed by atoms with Crippen LogP contribution in [0.1, 0.15) is 46.5 Å². The summed E-state index contributed by atoms with van der Waals surface area (Å²) in [6.07, 6.45) is 3.54. The molecule has 124 valence electrons. The van der Waals surface area contributed by atoms with Gasteiger partial charge in [0.25, 0.3) is 0 Å². The van der Waals surface area contributed by atoms with Gasteiger partial charge in [-0.1, -0.05) is 20.8 Å². The van der Waals surface area contributed by atoms with Crippen LogP contribution in [-0.2, 0) is 4.79 Å². The maximum Gasteiger partial charge on any atom is 0.323 e. The molecule has 0 bridgehead atoms. The van der Waals surface area contributed by atoms with Gasteiger partial charge in [-0.05, 0) is 51.9 Å². The van der Waals surface area contributed by atoms with E-state index in [1.165, 1.54) is 0 Å². The Morgan fingerprint density at radius 3 is 2.52 bits per heavy atom. The summed E-state index contributed by atoms with van der Waals surface area (Å²) in [7, 11) is 0. The maximum absolute atomic E-state index is 11.8. The fourth-order valence-electron chi connectivity index (χ4n) is 3.19. The lowest BCUT2D eigenvalue weighted by atomic mass is 9.90. The zero-order valence-corrected chi connectivity index (χ0v) is 14.0. The molecule has 1 unspecified atom stereocenters. The normalized spacial score (nSPS) is 24.2. The van der Waals surface area contributed by atoms with Crippen LogP contribution in [0.4, 0.5) is 0 Å². The van der Waals surface area contributed by atoms with Crippen molar-refractivity contribution in [2.45, 2.75) is 52.0 Å². The molecule has 1 atom stereocenters. The van der Waals surface area contributed by atoms with Gasteiger partial charge in [0.1, 0.15) is 5.54 Å². The number of hydrogen-bond acceptors (Lipinski definition) is 4. The van der Waals surface area contributed by atoms with Crippen molar-refractivity contribution in [1.29, 1.82) is 0 Å². The first-order chi connectivity index (χ1) is 10.1. The van der Waals surface area contributed by atoms with Gasteiger partial charge in [0, 0.05) is 19.6 Å². The van der Waals surface area contributed by atoms with Crippen LogP contribution in [0.5, 0.6) is 0 Å². The Balaban J connectivity index is 2.56. The third kappa shape index (κ3) is 5.57. The number of likely N-dealkylation sites (N-methyl/N-ethyl adjacent to an activating group) is 1. The minimum Gasteiger partial charge on any atom is -0.480 e. The quantitative estimate of drug-likeness (QED) is 0.678. The number of carboxylic acid groups (broad SMARTS) is 1. The molecule has 5 nitrogen and oxygen atoms in total. The van der Waals surface area contributed by atoms with Crippen LogP contribution in [0.15, 0.2) is 0 Å². The molecule has 1 aliphatic heterocycles. The number of rotatable bonds is 9. The van der Waals surface area contributed by atoms with E-state index in [2.05, 4.69) is 35.9 Å². The van der Waals surface area contributed by atoms with E-state index in [-0.39, 0.29) is 0 Å². The van der Waals surface area contributed by atoms with Crippen molar-refractivity contribution in [3.05, 3.63) is 0 Å². The second-order valence-electron chi connectivity index (χ2n) is 6.04. The predicted octanol–water partition coefficient (Wildman–Crippen LogP) is 1.64. The molecule has 0 saturated carbocycles. The zero-order chi connectivity index (χ0) is 15.7. The fourth-order valence-corrected chi connectivity index (χ4v) is 3.19. The van der Waals surface area contributed by atoms with Crippen molar-refractivity contribution < 1.29 is 9.90 Å². The van der Waals surface area contributed by atoms with Crippen molar-refractivity contribution in [3.8, 4) is 0 Å². The molecule has 0 aromatic heterocycles. The van der Waals surface area contributed by atoms with E-state index in [0.29, 0.717) is 6.42 Å². The summed E-state index contributed by atoms with van der Waals surface area (Å²) in [4.78, 5) is 16.5. The molecule has 0 radical (unpaired) electrons. The average Bonchev–Trinajstić information content (AvgIpc) is 2.68. The molecule has 0 aromatic carbocycles. The molecule has 0 aromatic rings. The number of carbonyl (C=O) groups is 1. The molecular formula is C16H33N3O2. The van der Waals surface area contributed by atoms with Crippen molar-refractivity contribution in [1.82, 2.24) is 15.1 Å². The Labute approximate surface area is 129 Å². The van der Waals surface area contributed by atoms with Crippen LogP contribution in [-0.4, -0.2) is 72.2 Å². The van der Waals surface area contributed by atoms with Gasteiger partial charge < -0.3 is 20.2 Å². The molecule has 1 rings (SSSR count). The number of nitrogens with zero attached hydrogens (tertiary/aromatic N) is 2. The molecule has 2 N–H and O–H groups in total. The number of hydrogen-bond donors (Lipinski definition) is 2. The summed E-state index contributed by atoms with van der Waals surface area (Å²) in [5.41, 5.74) is -0.727. The fraction of sp³-hybridized carbons (Fsp3) is 0.938. The molecule has 1 fully saturated rings. The molecule has 21 heavy (non-hydrogen) atoms. The highest BCUT2D eigenvalue weighted by molar-refractivity contribution is 5.78. The van der Waals surface area contributed by atoms with Gasteiger partial charge in [0.2, 0.25) is 0 Å². The van der Waals surface area contributed by atoms with Crippen LogP contribution < -0.4 is 5.32 Å². The first-order valence-electron chi connectivity index (χ1n) is 8.51. The number of carboxylic acids is 1. The number of aliphatic carboxylic acids is 1. The van der Waals surface area contributed by atoms with Crippen LogP contribution in [0.3, 0.4) is 0 Å². The monoisotopic (exact) mass is 299 g/mol. The number of nitrogens with one attached hydrogen (secondary N) is 1. The SMILES string of the molecule is CCCN1CCCC(NCCN(CC)CC)(C(=O)O)CC1.